The Morgan fingerprint density at radius 2 is 2.17 bits per heavy atom. The molecule has 1 aliphatic rings. The zero-order valence-electron chi connectivity index (χ0n) is 10.1. The summed E-state index contributed by atoms with van der Waals surface area (Å²) in [6.07, 6.45) is 0.961. The van der Waals surface area contributed by atoms with E-state index in [2.05, 4.69) is 20.5 Å². The number of aromatic amines is 1. The number of aromatic nitrogens is 3. The molecule has 0 bridgehead atoms. The van der Waals surface area contributed by atoms with E-state index in [1.807, 2.05) is 30.3 Å². The zero-order chi connectivity index (χ0) is 12.2. The number of rotatable bonds is 3. The largest absolute Gasteiger partial charge is 0.375 e. The van der Waals surface area contributed by atoms with Crippen LogP contribution in [0.25, 0.3) is 11.4 Å². The maximum absolute atomic E-state index is 5.65. The van der Waals surface area contributed by atoms with E-state index >= 15 is 0 Å². The van der Waals surface area contributed by atoms with Crippen molar-refractivity contribution >= 4 is 0 Å². The maximum atomic E-state index is 5.65. The van der Waals surface area contributed by atoms with Crippen molar-refractivity contribution in [3.63, 3.8) is 0 Å². The van der Waals surface area contributed by atoms with Gasteiger partial charge in [-0.15, -0.1) is 0 Å². The van der Waals surface area contributed by atoms with Crippen LogP contribution < -0.4 is 5.32 Å². The molecule has 2 N–H and O–H groups in total. The van der Waals surface area contributed by atoms with Gasteiger partial charge in [-0.25, -0.2) is 4.98 Å². The summed E-state index contributed by atoms with van der Waals surface area (Å²) in [7, 11) is 0. The topological polar surface area (TPSA) is 62.8 Å². The predicted octanol–water partition coefficient (Wildman–Crippen LogP) is 1.00. The zero-order valence-corrected chi connectivity index (χ0v) is 10.1. The van der Waals surface area contributed by atoms with E-state index in [0.717, 1.165) is 43.3 Å². The summed E-state index contributed by atoms with van der Waals surface area (Å²) < 4.78 is 5.65. The lowest BCUT2D eigenvalue weighted by Gasteiger charge is -2.22. The molecule has 1 unspecified atom stereocenters. The fourth-order valence-electron chi connectivity index (χ4n) is 2.07. The average Bonchev–Trinajstić information content (AvgIpc) is 2.89. The molecule has 1 aromatic heterocycles. The normalized spacial score (nSPS) is 19.9. The lowest BCUT2D eigenvalue weighted by atomic mass is 10.2. The molecule has 1 aromatic carbocycles. The highest BCUT2D eigenvalue weighted by molar-refractivity contribution is 5.53. The Bertz CT molecular complexity index is 491. The minimum atomic E-state index is 0.190. The van der Waals surface area contributed by atoms with Crippen molar-refractivity contribution < 1.29 is 4.74 Å². The molecule has 0 radical (unpaired) electrons. The molecule has 18 heavy (non-hydrogen) atoms. The van der Waals surface area contributed by atoms with Crippen LogP contribution in [0.5, 0.6) is 0 Å². The van der Waals surface area contributed by atoms with Gasteiger partial charge in [0, 0.05) is 25.1 Å². The lowest BCUT2D eigenvalue weighted by Crippen LogP contribution is -2.39. The minimum absolute atomic E-state index is 0.190. The van der Waals surface area contributed by atoms with Crippen LogP contribution >= 0.6 is 0 Å². The van der Waals surface area contributed by atoms with Crippen molar-refractivity contribution in [2.45, 2.75) is 12.5 Å². The van der Waals surface area contributed by atoms with Gasteiger partial charge in [-0.1, -0.05) is 30.3 Å². The van der Waals surface area contributed by atoms with Gasteiger partial charge < -0.3 is 10.1 Å². The fourth-order valence-corrected chi connectivity index (χ4v) is 2.07. The first-order valence-corrected chi connectivity index (χ1v) is 6.21. The van der Waals surface area contributed by atoms with Crippen LogP contribution in [0.1, 0.15) is 5.82 Å². The third kappa shape index (κ3) is 2.57. The Morgan fingerprint density at radius 1 is 1.28 bits per heavy atom. The second-order valence-corrected chi connectivity index (χ2v) is 4.37. The van der Waals surface area contributed by atoms with Gasteiger partial charge in [0.25, 0.3) is 0 Å². The van der Waals surface area contributed by atoms with Gasteiger partial charge in [-0.3, -0.25) is 5.10 Å². The van der Waals surface area contributed by atoms with Crippen LogP contribution in [0.3, 0.4) is 0 Å². The standard InChI is InChI=1S/C13H16N4O/c1-2-4-10(5-3-1)13-15-12(16-17-13)8-11-9-14-6-7-18-11/h1-5,11,14H,6-9H2,(H,15,16,17). The predicted molar refractivity (Wildman–Crippen MR) is 68.1 cm³/mol. The molecule has 3 rings (SSSR count). The third-order valence-corrected chi connectivity index (χ3v) is 2.99. The summed E-state index contributed by atoms with van der Waals surface area (Å²) in [6, 6.07) is 9.97. The summed E-state index contributed by atoms with van der Waals surface area (Å²) >= 11 is 0. The van der Waals surface area contributed by atoms with Crippen molar-refractivity contribution in [2.24, 2.45) is 0 Å². The number of hydrogen-bond donors (Lipinski definition) is 2. The first-order valence-electron chi connectivity index (χ1n) is 6.21. The van der Waals surface area contributed by atoms with Crippen LogP contribution in [0, 0.1) is 0 Å². The Kier molecular flexibility index (Phi) is 3.34. The van der Waals surface area contributed by atoms with E-state index in [4.69, 9.17) is 4.74 Å². The monoisotopic (exact) mass is 244 g/mol. The number of ether oxygens (including phenoxy) is 1. The molecular weight excluding hydrogens is 228 g/mol. The second kappa shape index (κ2) is 5.29. The van der Waals surface area contributed by atoms with Gasteiger partial charge in [-0.2, -0.15) is 5.10 Å². The molecule has 0 aliphatic carbocycles. The van der Waals surface area contributed by atoms with E-state index in [9.17, 15) is 0 Å². The quantitative estimate of drug-likeness (QED) is 0.845. The molecule has 1 fully saturated rings. The molecule has 0 saturated carbocycles. The van der Waals surface area contributed by atoms with Crippen LogP contribution in [0.4, 0.5) is 0 Å². The van der Waals surface area contributed by atoms with Gasteiger partial charge in [-0.05, 0) is 0 Å². The van der Waals surface area contributed by atoms with Gasteiger partial charge in [0.15, 0.2) is 5.82 Å². The molecule has 0 spiro atoms. The van der Waals surface area contributed by atoms with Crippen LogP contribution in [0.15, 0.2) is 30.3 Å². The summed E-state index contributed by atoms with van der Waals surface area (Å²) in [4.78, 5) is 4.50. The number of nitrogens with zero attached hydrogens (tertiary/aromatic N) is 2. The summed E-state index contributed by atoms with van der Waals surface area (Å²) in [5.41, 5.74) is 1.03. The fraction of sp³-hybridized carbons (Fsp3) is 0.385. The molecule has 2 heterocycles. The highest BCUT2D eigenvalue weighted by atomic mass is 16.5. The van der Waals surface area contributed by atoms with Crippen LogP contribution in [-0.2, 0) is 11.2 Å². The molecule has 1 saturated heterocycles. The van der Waals surface area contributed by atoms with Gasteiger partial charge in [0.2, 0.25) is 0 Å². The Balaban J connectivity index is 1.69. The van der Waals surface area contributed by atoms with Crippen molar-refractivity contribution in [1.29, 1.82) is 0 Å². The van der Waals surface area contributed by atoms with Gasteiger partial charge in [0.1, 0.15) is 5.82 Å². The van der Waals surface area contributed by atoms with E-state index in [0.29, 0.717) is 0 Å². The van der Waals surface area contributed by atoms with Gasteiger partial charge >= 0.3 is 0 Å². The molecule has 94 valence electrons. The molecule has 5 heteroatoms. The minimum Gasteiger partial charge on any atom is -0.375 e. The summed E-state index contributed by atoms with van der Waals surface area (Å²) in [5, 5.41) is 10.5. The number of hydrogen-bond acceptors (Lipinski definition) is 4. The smallest absolute Gasteiger partial charge is 0.181 e. The Hall–Kier alpha value is -1.72. The van der Waals surface area contributed by atoms with Crippen molar-refractivity contribution in [2.75, 3.05) is 19.7 Å². The number of H-pyrrole nitrogens is 1. The lowest BCUT2D eigenvalue weighted by molar-refractivity contribution is 0.0281. The summed E-state index contributed by atoms with van der Waals surface area (Å²) in [5.74, 6) is 1.62. The highest BCUT2D eigenvalue weighted by Gasteiger charge is 2.16. The van der Waals surface area contributed by atoms with Crippen molar-refractivity contribution in [3.8, 4) is 11.4 Å². The molecule has 1 aliphatic heterocycles. The van der Waals surface area contributed by atoms with E-state index in [-0.39, 0.29) is 6.10 Å². The van der Waals surface area contributed by atoms with E-state index in [1.165, 1.54) is 0 Å². The number of benzene rings is 1. The van der Waals surface area contributed by atoms with Gasteiger partial charge in [0.05, 0.1) is 12.7 Å². The van der Waals surface area contributed by atoms with Crippen molar-refractivity contribution in [3.05, 3.63) is 36.2 Å². The van der Waals surface area contributed by atoms with Crippen LogP contribution in [0.2, 0.25) is 0 Å². The number of nitrogens with one attached hydrogen (secondary N) is 2. The maximum Gasteiger partial charge on any atom is 0.181 e. The van der Waals surface area contributed by atoms with E-state index < -0.39 is 0 Å². The molecule has 5 nitrogen and oxygen atoms in total. The van der Waals surface area contributed by atoms with E-state index in [1.54, 1.807) is 0 Å². The Morgan fingerprint density at radius 3 is 2.94 bits per heavy atom. The second-order valence-electron chi connectivity index (χ2n) is 4.37. The highest BCUT2D eigenvalue weighted by Crippen LogP contribution is 2.14. The Labute approximate surface area is 106 Å². The molecular formula is C13H16N4O. The molecule has 2 aromatic rings. The number of morpholine rings is 1. The molecule has 0 amide bonds. The van der Waals surface area contributed by atoms with Crippen LogP contribution in [-0.4, -0.2) is 41.0 Å². The average molecular weight is 244 g/mol. The summed E-state index contributed by atoms with van der Waals surface area (Å²) in [6.45, 7) is 2.58. The van der Waals surface area contributed by atoms with Crippen molar-refractivity contribution in [1.82, 2.24) is 20.5 Å². The molecule has 1 atom stereocenters. The first-order chi connectivity index (χ1) is 8.92. The first kappa shape index (κ1) is 11.4. The SMILES string of the molecule is c1ccc(-c2n[nH]c(CC3CNCCO3)n2)cc1. The third-order valence-electron chi connectivity index (χ3n) is 2.99.